The van der Waals surface area contributed by atoms with Gasteiger partial charge in [0.2, 0.25) is 0 Å². The van der Waals surface area contributed by atoms with Crippen molar-refractivity contribution in [1.82, 2.24) is 0 Å². The summed E-state index contributed by atoms with van der Waals surface area (Å²) in [6.07, 6.45) is 1.54. The average molecular weight is 223 g/mol. The molecule has 1 aliphatic rings. The molecule has 0 spiro atoms. The lowest BCUT2D eigenvalue weighted by Gasteiger charge is -2.22. The topological polar surface area (TPSA) is 34.1 Å². The van der Waals surface area contributed by atoms with Gasteiger partial charge in [0, 0.05) is 0 Å². The van der Waals surface area contributed by atoms with Gasteiger partial charge in [-0.1, -0.05) is 18.2 Å². The van der Waals surface area contributed by atoms with E-state index in [4.69, 9.17) is 0 Å². The van der Waals surface area contributed by atoms with E-state index in [0.717, 1.165) is 18.4 Å². The largest absolute Gasteiger partial charge is 0.229 e. The monoisotopic (exact) mass is 223 g/mol. The van der Waals surface area contributed by atoms with Crippen LogP contribution in [0.4, 0.5) is 0 Å². The van der Waals surface area contributed by atoms with Crippen LogP contribution in [0.25, 0.3) is 0 Å². The van der Waals surface area contributed by atoms with Crippen molar-refractivity contribution >= 4 is 9.84 Å². The lowest BCUT2D eigenvalue weighted by Crippen LogP contribution is -2.22. The minimum absolute atomic E-state index is 0.343. The molecule has 1 aromatic rings. The summed E-state index contributed by atoms with van der Waals surface area (Å²) in [6, 6.07) is 9.20. The van der Waals surface area contributed by atoms with Crippen LogP contribution < -0.4 is 0 Å². The van der Waals surface area contributed by atoms with E-state index in [0.29, 0.717) is 17.4 Å². The van der Waals surface area contributed by atoms with E-state index in [1.807, 2.05) is 13.0 Å². The van der Waals surface area contributed by atoms with E-state index in [-0.39, 0.29) is 0 Å². The van der Waals surface area contributed by atoms with Gasteiger partial charge in [-0.3, -0.25) is 0 Å². The van der Waals surface area contributed by atoms with Gasteiger partial charge in [-0.25, -0.2) is 8.42 Å². The normalized spacial score (nSPS) is 21.4. The predicted octanol–water partition coefficient (Wildman–Crippen LogP) is 2.09. The van der Waals surface area contributed by atoms with Crippen molar-refractivity contribution in [2.75, 3.05) is 11.5 Å². The quantitative estimate of drug-likeness (QED) is 0.730. The zero-order valence-corrected chi connectivity index (χ0v) is 9.68. The summed E-state index contributed by atoms with van der Waals surface area (Å²) >= 11 is 0. The molecule has 1 fully saturated rings. The molecule has 0 bridgehead atoms. The van der Waals surface area contributed by atoms with Gasteiger partial charge < -0.3 is 0 Å². The van der Waals surface area contributed by atoms with Crippen LogP contribution in [-0.4, -0.2) is 19.9 Å². The molecule has 2 rings (SSSR count). The highest BCUT2D eigenvalue weighted by Crippen LogP contribution is 2.29. The van der Waals surface area contributed by atoms with E-state index in [1.54, 1.807) is 0 Å². The van der Waals surface area contributed by atoms with Crippen molar-refractivity contribution in [2.45, 2.75) is 25.7 Å². The molecule has 0 amide bonds. The third kappa shape index (κ3) is 2.59. The van der Waals surface area contributed by atoms with Crippen molar-refractivity contribution in [3.05, 3.63) is 35.4 Å². The summed E-state index contributed by atoms with van der Waals surface area (Å²) in [5.74, 6) is 1.10. The molecule has 1 aromatic carbocycles. The molecule has 0 aliphatic carbocycles. The molecule has 0 saturated carbocycles. The van der Waals surface area contributed by atoms with Crippen molar-refractivity contribution in [2.24, 2.45) is 0 Å². The Kier molecular flexibility index (Phi) is 2.83. The van der Waals surface area contributed by atoms with Gasteiger partial charge in [0.15, 0.2) is 0 Å². The molecule has 81 valence electrons. The van der Waals surface area contributed by atoms with Crippen molar-refractivity contribution in [1.29, 1.82) is 0 Å². The summed E-state index contributed by atoms with van der Waals surface area (Å²) in [5.41, 5.74) is 2.39. The van der Waals surface area contributed by atoms with Gasteiger partial charge in [-0.05, 0) is 42.9 Å². The van der Waals surface area contributed by atoms with Gasteiger partial charge in [-0.15, -0.1) is 0 Å². The smallest absolute Gasteiger partial charge is 0.150 e. The lowest BCUT2D eigenvalue weighted by molar-refractivity contribution is 0.550. The Balaban J connectivity index is 2.14. The SMILES string of the molecule is Cc1[c]ccc(C2CCS(=O)(=O)CC2)c1. The second kappa shape index (κ2) is 3.97. The van der Waals surface area contributed by atoms with Crippen LogP contribution in [0.2, 0.25) is 0 Å². The van der Waals surface area contributed by atoms with E-state index in [9.17, 15) is 8.42 Å². The van der Waals surface area contributed by atoms with Crippen LogP contribution in [0.15, 0.2) is 18.2 Å². The molecule has 1 saturated heterocycles. The molecule has 15 heavy (non-hydrogen) atoms. The minimum atomic E-state index is -2.74. The van der Waals surface area contributed by atoms with E-state index in [1.165, 1.54) is 5.56 Å². The van der Waals surface area contributed by atoms with Gasteiger partial charge in [0.05, 0.1) is 11.5 Å². The second-order valence-corrected chi connectivity index (χ2v) is 6.53. The average Bonchev–Trinajstić information content (AvgIpc) is 2.17. The molecule has 1 heterocycles. The number of benzene rings is 1. The summed E-state index contributed by atoms with van der Waals surface area (Å²) in [4.78, 5) is 0. The van der Waals surface area contributed by atoms with E-state index in [2.05, 4.69) is 18.2 Å². The summed E-state index contributed by atoms with van der Waals surface area (Å²) in [7, 11) is -2.74. The minimum Gasteiger partial charge on any atom is -0.229 e. The maximum absolute atomic E-state index is 11.3. The van der Waals surface area contributed by atoms with Crippen LogP contribution >= 0.6 is 0 Å². The third-order valence-electron chi connectivity index (χ3n) is 3.00. The first-order valence-electron chi connectivity index (χ1n) is 5.25. The molecule has 0 aromatic heterocycles. The number of aryl methyl sites for hydroxylation is 1. The summed E-state index contributed by atoms with van der Waals surface area (Å²) in [6.45, 7) is 2.02. The fourth-order valence-corrected chi connectivity index (χ4v) is 3.58. The fraction of sp³-hybridized carbons (Fsp3) is 0.500. The summed E-state index contributed by atoms with van der Waals surface area (Å²) < 4.78 is 22.6. The molecular weight excluding hydrogens is 208 g/mol. The van der Waals surface area contributed by atoms with Crippen molar-refractivity contribution in [3.63, 3.8) is 0 Å². The molecule has 0 unspecified atom stereocenters. The molecule has 0 N–H and O–H groups in total. The van der Waals surface area contributed by atoms with E-state index < -0.39 is 9.84 Å². The van der Waals surface area contributed by atoms with Gasteiger partial charge in [0.1, 0.15) is 9.84 Å². The highest BCUT2D eigenvalue weighted by molar-refractivity contribution is 7.91. The Morgan fingerprint density at radius 2 is 2.00 bits per heavy atom. The Labute approximate surface area is 91.2 Å². The Hall–Kier alpha value is -0.830. The maximum Gasteiger partial charge on any atom is 0.150 e. The second-order valence-electron chi connectivity index (χ2n) is 4.23. The number of sulfone groups is 1. The standard InChI is InChI=1S/C12H15O2S/c1-10-3-2-4-12(9-10)11-5-7-15(13,14)8-6-11/h2,4,9,11H,5-8H2,1H3. The molecule has 0 atom stereocenters. The van der Waals surface area contributed by atoms with Crippen LogP contribution in [0.1, 0.15) is 29.9 Å². The maximum atomic E-state index is 11.3. The van der Waals surface area contributed by atoms with Gasteiger partial charge in [0.25, 0.3) is 0 Å². The van der Waals surface area contributed by atoms with Gasteiger partial charge >= 0.3 is 0 Å². The zero-order chi connectivity index (χ0) is 10.9. The summed E-state index contributed by atoms with van der Waals surface area (Å²) in [5, 5.41) is 0. The predicted molar refractivity (Wildman–Crippen MR) is 60.6 cm³/mol. The van der Waals surface area contributed by atoms with Crippen LogP contribution in [0.3, 0.4) is 0 Å². The molecule has 2 nitrogen and oxygen atoms in total. The van der Waals surface area contributed by atoms with Crippen LogP contribution in [-0.2, 0) is 9.84 Å². The fourth-order valence-electron chi connectivity index (χ4n) is 2.09. The van der Waals surface area contributed by atoms with Crippen molar-refractivity contribution in [3.8, 4) is 0 Å². The Bertz CT molecular complexity index is 434. The highest BCUT2D eigenvalue weighted by Gasteiger charge is 2.24. The first-order chi connectivity index (χ1) is 7.07. The van der Waals surface area contributed by atoms with Gasteiger partial charge in [-0.2, -0.15) is 0 Å². The van der Waals surface area contributed by atoms with E-state index >= 15 is 0 Å². The first-order valence-corrected chi connectivity index (χ1v) is 7.08. The highest BCUT2D eigenvalue weighted by atomic mass is 32.2. The molecule has 3 heteroatoms. The number of hydrogen-bond donors (Lipinski definition) is 0. The third-order valence-corrected chi connectivity index (χ3v) is 4.71. The van der Waals surface area contributed by atoms with Crippen molar-refractivity contribution < 1.29 is 8.42 Å². The molecule has 1 aliphatic heterocycles. The molecular formula is C12H15O2S. The molecule has 1 radical (unpaired) electrons. The number of rotatable bonds is 1. The number of hydrogen-bond acceptors (Lipinski definition) is 2. The Morgan fingerprint density at radius 3 is 2.60 bits per heavy atom. The lowest BCUT2D eigenvalue weighted by atomic mass is 9.92. The Morgan fingerprint density at radius 1 is 1.33 bits per heavy atom. The van der Waals surface area contributed by atoms with Crippen LogP contribution in [0, 0.1) is 13.0 Å². The van der Waals surface area contributed by atoms with Crippen LogP contribution in [0.5, 0.6) is 0 Å². The first kappa shape index (κ1) is 10.7. The zero-order valence-electron chi connectivity index (χ0n) is 8.86.